The van der Waals surface area contributed by atoms with Crippen molar-refractivity contribution >= 4 is 39.9 Å². The number of methoxy groups -OCH3 is 2. The number of carbonyl (C=O) groups is 1. The van der Waals surface area contributed by atoms with Gasteiger partial charge < -0.3 is 28.6 Å². The standard InChI is InChI=1S/C32H41N7O6S/c1-32(2,3)45-31(41)36-13-10-22(11-14-36)38-21-34-28-9-8-23(18-27(28)30(38)40)37(24-16-25(43-6)19-26(17-24)44-7)20-29-33-12-15-39(29)46(42)35(4)5/h8-9,12,15-19,21-22H,10-11,13-14,20H2,1-7H3. The number of hydrogen-bond acceptors (Lipinski definition) is 10. The summed E-state index contributed by atoms with van der Waals surface area (Å²) in [4.78, 5) is 39.3. The van der Waals surface area contributed by atoms with Gasteiger partial charge in [0.2, 0.25) is 0 Å². The van der Waals surface area contributed by atoms with Crippen molar-refractivity contribution in [1.29, 1.82) is 0 Å². The van der Waals surface area contributed by atoms with Gasteiger partial charge in [-0.3, -0.25) is 9.36 Å². The molecule has 1 unspecified atom stereocenters. The Morgan fingerprint density at radius 3 is 2.30 bits per heavy atom. The first-order valence-electron chi connectivity index (χ1n) is 15.0. The molecule has 14 heteroatoms. The molecule has 1 saturated heterocycles. The number of piperidine rings is 1. The van der Waals surface area contributed by atoms with E-state index in [1.165, 1.54) is 0 Å². The lowest BCUT2D eigenvalue weighted by Gasteiger charge is -2.34. The SMILES string of the molecule is COc1cc(OC)cc(N(Cc2nccn2[S+]([O-])N(C)C)c2ccc3ncn(C4CCN(C(=O)OC(C)(C)C)CC4)c(=O)c3c2)c1. The van der Waals surface area contributed by atoms with Crippen LogP contribution in [0.15, 0.2) is 59.9 Å². The normalized spacial score (nSPS) is 14.8. The molecule has 2 aromatic heterocycles. The van der Waals surface area contributed by atoms with E-state index >= 15 is 0 Å². The van der Waals surface area contributed by atoms with Crippen LogP contribution in [0.3, 0.4) is 0 Å². The van der Waals surface area contributed by atoms with E-state index in [0.29, 0.717) is 59.8 Å². The Morgan fingerprint density at radius 1 is 1.02 bits per heavy atom. The topological polar surface area (TPSA) is 130 Å². The quantitative estimate of drug-likeness (QED) is 0.238. The minimum absolute atomic E-state index is 0.112. The number of nitrogens with zero attached hydrogens (tertiary/aromatic N) is 7. The van der Waals surface area contributed by atoms with Gasteiger partial charge in [-0.2, -0.15) is 0 Å². The second-order valence-electron chi connectivity index (χ2n) is 12.2. The van der Waals surface area contributed by atoms with E-state index in [-0.39, 0.29) is 24.2 Å². The summed E-state index contributed by atoms with van der Waals surface area (Å²) in [5.74, 6) is 1.72. The largest absolute Gasteiger partial charge is 0.573 e. The highest BCUT2D eigenvalue weighted by Crippen LogP contribution is 2.35. The number of ether oxygens (including phenoxy) is 3. The summed E-state index contributed by atoms with van der Waals surface area (Å²) in [6.07, 6.45) is 5.74. The average molecular weight is 652 g/mol. The highest BCUT2D eigenvalue weighted by Gasteiger charge is 2.29. The monoisotopic (exact) mass is 651 g/mol. The zero-order valence-electron chi connectivity index (χ0n) is 27.3. The molecular formula is C32H41N7O6S. The van der Waals surface area contributed by atoms with Gasteiger partial charge in [-0.25, -0.2) is 14.8 Å². The number of carbonyl (C=O) groups excluding carboxylic acids is 1. The number of anilines is 2. The molecule has 4 aromatic rings. The van der Waals surface area contributed by atoms with E-state index in [4.69, 9.17) is 14.2 Å². The van der Waals surface area contributed by atoms with Crippen molar-refractivity contribution in [1.82, 2.24) is 27.7 Å². The third-order valence-electron chi connectivity index (χ3n) is 7.70. The van der Waals surface area contributed by atoms with Crippen molar-refractivity contribution in [2.75, 3.05) is 46.3 Å². The molecule has 0 bridgehead atoms. The van der Waals surface area contributed by atoms with Crippen LogP contribution in [-0.4, -0.2) is 85.4 Å². The molecule has 2 aromatic carbocycles. The lowest BCUT2D eigenvalue weighted by Crippen LogP contribution is -2.43. The number of imidazole rings is 1. The molecule has 13 nitrogen and oxygen atoms in total. The molecule has 1 atom stereocenters. The maximum Gasteiger partial charge on any atom is 0.410 e. The molecular weight excluding hydrogens is 610 g/mol. The maximum atomic E-state index is 14.0. The molecule has 1 aliphatic rings. The minimum Gasteiger partial charge on any atom is -0.573 e. The molecule has 1 amide bonds. The average Bonchev–Trinajstić information content (AvgIpc) is 3.50. The van der Waals surface area contributed by atoms with Crippen LogP contribution in [0.25, 0.3) is 10.9 Å². The number of rotatable bonds is 9. The van der Waals surface area contributed by atoms with Crippen LogP contribution in [0, 0.1) is 0 Å². The molecule has 0 saturated carbocycles. The first kappa shape index (κ1) is 33.1. The fraction of sp³-hybridized carbons (Fsp3) is 0.438. The Labute approximate surface area is 271 Å². The van der Waals surface area contributed by atoms with Crippen LogP contribution in [0.2, 0.25) is 0 Å². The molecule has 46 heavy (non-hydrogen) atoms. The van der Waals surface area contributed by atoms with Crippen LogP contribution in [0.4, 0.5) is 16.2 Å². The summed E-state index contributed by atoms with van der Waals surface area (Å²) in [5.41, 5.74) is 1.25. The first-order valence-corrected chi connectivity index (χ1v) is 16.1. The highest BCUT2D eigenvalue weighted by atomic mass is 32.2. The van der Waals surface area contributed by atoms with Gasteiger partial charge >= 0.3 is 6.09 Å². The second kappa shape index (κ2) is 13.6. The number of hydrogen-bond donors (Lipinski definition) is 0. The Bertz CT molecular complexity index is 1720. The van der Waals surface area contributed by atoms with E-state index in [1.807, 2.05) is 56.0 Å². The van der Waals surface area contributed by atoms with Crippen LogP contribution in [-0.2, 0) is 22.8 Å². The van der Waals surface area contributed by atoms with Gasteiger partial charge in [-0.05, 0) is 51.8 Å². The predicted molar refractivity (Wildman–Crippen MR) is 177 cm³/mol. The molecule has 0 aliphatic carbocycles. The molecule has 5 rings (SSSR count). The van der Waals surface area contributed by atoms with Gasteiger partial charge in [0.25, 0.3) is 5.56 Å². The third kappa shape index (κ3) is 7.24. The van der Waals surface area contributed by atoms with E-state index < -0.39 is 17.1 Å². The Morgan fingerprint density at radius 2 is 1.70 bits per heavy atom. The minimum atomic E-state index is -1.48. The van der Waals surface area contributed by atoms with Gasteiger partial charge in [0.1, 0.15) is 17.1 Å². The van der Waals surface area contributed by atoms with Crippen molar-refractivity contribution in [3.8, 4) is 11.5 Å². The Hall–Kier alpha value is -4.27. The summed E-state index contributed by atoms with van der Waals surface area (Å²) in [6.45, 7) is 6.73. The van der Waals surface area contributed by atoms with Gasteiger partial charge in [-0.1, -0.05) is 0 Å². The molecule has 1 aliphatic heterocycles. The van der Waals surface area contributed by atoms with Crippen LogP contribution in [0.5, 0.6) is 11.5 Å². The first-order chi connectivity index (χ1) is 21.9. The number of amides is 1. The zero-order chi connectivity index (χ0) is 33.2. The van der Waals surface area contributed by atoms with E-state index in [9.17, 15) is 14.1 Å². The Kier molecular flexibility index (Phi) is 9.79. The number of benzene rings is 2. The lowest BCUT2D eigenvalue weighted by molar-refractivity contribution is 0.0187. The molecule has 3 heterocycles. The van der Waals surface area contributed by atoms with Crippen LogP contribution in [0.1, 0.15) is 45.5 Å². The summed E-state index contributed by atoms with van der Waals surface area (Å²) in [6, 6.07) is 10.9. The third-order valence-corrected chi connectivity index (χ3v) is 8.99. The number of aromatic nitrogens is 4. The van der Waals surface area contributed by atoms with E-state index in [1.54, 1.807) is 70.8 Å². The van der Waals surface area contributed by atoms with Crippen molar-refractivity contribution in [3.63, 3.8) is 0 Å². The molecule has 0 radical (unpaired) electrons. The smallest absolute Gasteiger partial charge is 0.410 e. The van der Waals surface area contributed by atoms with Crippen molar-refractivity contribution < 1.29 is 23.6 Å². The molecule has 246 valence electrons. The van der Waals surface area contributed by atoms with Gasteiger partial charge in [0.05, 0.1) is 50.4 Å². The van der Waals surface area contributed by atoms with Gasteiger partial charge in [0.15, 0.2) is 17.4 Å². The van der Waals surface area contributed by atoms with E-state index in [2.05, 4.69) is 9.97 Å². The highest BCUT2D eigenvalue weighted by molar-refractivity contribution is 7.87. The summed E-state index contributed by atoms with van der Waals surface area (Å²) in [5, 5.41) is 0.453. The van der Waals surface area contributed by atoms with E-state index in [0.717, 1.165) is 5.69 Å². The van der Waals surface area contributed by atoms with Gasteiger partial charge in [-0.15, -0.1) is 8.28 Å². The zero-order valence-corrected chi connectivity index (χ0v) is 28.1. The van der Waals surface area contributed by atoms with Gasteiger partial charge in [0, 0.05) is 62.8 Å². The number of fused-ring (bicyclic) bond motifs is 1. The van der Waals surface area contributed by atoms with Crippen molar-refractivity contribution in [2.24, 2.45) is 0 Å². The van der Waals surface area contributed by atoms with Crippen molar-refractivity contribution in [3.05, 3.63) is 71.3 Å². The Balaban J connectivity index is 1.51. The fourth-order valence-corrected chi connectivity index (χ4v) is 6.17. The molecule has 1 fully saturated rings. The van der Waals surface area contributed by atoms with Crippen LogP contribution < -0.4 is 19.9 Å². The molecule has 0 spiro atoms. The summed E-state index contributed by atoms with van der Waals surface area (Å²) >= 11 is -1.48. The van der Waals surface area contributed by atoms with Crippen molar-refractivity contribution in [2.45, 2.75) is 51.8 Å². The van der Waals surface area contributed by atoms with Crippen LogP contribution >= 0.6 is 0 Å². The maximum absolute atomic E-state index is 14.0. The second-order valence-corrected chi connectivity index (χ2v) is 13.8. The molecule has 0 N–H and O–H groups in total. The number of likely N-dealkylation sites (tertiary alicyclic amines) is 1. The summed E-state index contributed by atoms with van der Waals surface area (Å²) < 4.78 is 34.5. The predicted octanol–water partition coefficient (Wildman–Crippen LogP) is 4.51. The lowest BCUT2D eigenvalue weighted by atomic mass is 10.0. The summed E-state index contributed by atoms with van der Waals surface area (Å²) in [7, 11) is 6.62. The fourth-order valence-electron chi connectivity index (χ4n) is 5.38.